The monoisotopic (exact) mass is 448 g/mol. The summed E-state index contributed by atoms with van der Waals surface area (Å²) in [6.45, 7) is 6.81. The summed E-state index contributed by atoms with van der Waals surface area (Å²) in [5.41, 5.74) is 5.73. The van der Waals surface area contributed by atoms with Gasteiger partial charge in [0.25, 0.3) is 0 Å². The fourth-order valence-electron chi connectivity index (χ4n) is 4.43. The number of aromatic nitrogens is 3. The number of carbonyl (C=O) groups excluding carboxylic acids is 1. The van der Waals surface area contributed by atoms with Gasteiger partial charge in [-0.2, -0.15) is 0 Å². The summed E-state index contributed by atoms with van der Waals surface area (Å²) in [5.74, 6) is 1.60. The topological polar surface area (TPSA) is 90.6 Å². The molecule has 5 rings (SSSR count). The number of rotatable bonds is 5. The molecule has 0 radical (unpaired) electrons. The van der Waals surface area contributed by atoms with E-state index in [1.165, 1.54) is 5.56 Å². The van der Waals surface area contributed by atoms with E-state index in [2.05, 4.69) is 15.1 Å². The Morgan fingerprint density at radius 2 is 2.00 bits per heavy atom. The molecule has 3 aromatic rings. The van der Waals surface area contributed by atoms with Gasteiger partial charge in [0.2, 0.25) is 11.8 Å². The Kier molecular flexibility index (Phi) is 6.09. The summed E-state index contributed by atoms with van der Waals surface area (Å²) in [6, 6.07) is 5.92. The summed E-state index contributed by atoms with van der Waals surface area (Å²) in [7, 11) is 0. The zero-order valence-electron chi connectivity index (χ0n) is 19.0. The summed E-state index contributed by atoms with van der Waals surface area (Å²) < 4.78 is 16.8. The molecule has 0 unspecified atom stereocenters. The fraction of sp³-hybridized carbons (Fsp3) is 0.440. The van der Waals surface area contributed by atoms with Gasteiger partial charge in [0, 0.05) is 61.9 Å². The van der Waals surface area contributed by atoms with E-state index in [0.29, 0.717) is 38.0 Å². The maximum atomic E-state index is 12.9. The van der Waals surface area contributed by atoms with Gasteiger partial charge >= 0.3 is 0 Å². The molecule has 0 saturated carbocycles. The van der Waals surface area contributed by atoms with Gasteiger partial charge in [-0.3, -0.25) is 9.78 Å². The number of ether oxygens (including phenoxy) is 2. The third kappa shape index (κ3) is 4.61. The molecule has 1 fully saturated rings. The van der Waals surface area contributed by atoms with E-state index in [1.54, 1.807) is 6.20 Å². The number of nitrogens with zero attached hydrogens (tertiary/aromatic N) is 4. The molecule has 5 heterocycles. The molecule has 2 aliphatic heterocycles. The number of hydrogen-bond donors (Lipinski definition) is 0. The van der Waals surface area contributed by atoms with Crippen LogP contribution >= 0.6 is 0 Å². The van der Waals surface area contributed by atoms with Crippen molar-refractivity contribution in [2.75, 3.05) is 19.8 Å². The average molecular weight is 449 g/mol. The standard InChI is InChI=1S/C25H28N4O4/c1-16-3-4-20(12-26-16)24-22(17(2)33-28-24)15-32-23-11-19-5-8-29(14-21(19)13-27-23)25(30)18-6-9-31-10-7-18/h3-4,11-13,18H,5-10,14-15H2,1-2H3. The maximum Gasteiger partial charge on any atom is 0.226 e. The van der Waals surface area contributed by atoms with Gasteiger partial charge in [-0.1, -0.05) is 5.16 Å². The van der Waals surface area contributed by atoms with Crippen molar-refractivity contribution >= 4 is 5.91 Å². The predicted octanol–water partition coefficient (Wildman–Crippen LogP) is 3.64. The molecule has 8 heteroatoms. The van der Waals surface area contributed by atoms with Gasteiger partial charge in [-0.25, -0.2) is 4.98 Å². The van der Waals surface area contributed by atoms with Crippen molar-refractivity contribution in [2.45, 2.75) is 46.3 Å². The largest absolute Gasteiger partial charge is 0.473 e. The first-order valence-corrected chi connectivity index (χ1v) is 11.4. The Hall–Kier alpha value is -3.26. The molecule has 0 bridgehead atoms. The van der Waals surface area contributed by atoms with Crippen LogP contribution in [0, 0.1) is 19.8 Å². The smallest absolute Gasteiger partial charge is 0.226 e. The summed E-state index contributed by atoms with van der Waals surface area (Å²) in [6.07, 6.45) is 6.06. The average Bonchev–Trinajstić information content (AvgIpc) is 3.23. The third-order valence-electron chi connectivity index (χ3n) is 6.49. The Bertz CT molecular complexity index is 1140. The normalized spacial score (nSPS) is 16.5. The Morgan fingerprint density at radius 3 is 2.79 bits per heavy atom. The minimum Gasteiger partial charge on any atom is -0.473 e. The van der Waals surface area contributed by atoms with Crippen LogP contribution in [-0.2, 0) is 29.1 Å². The van der Waals surface area contributed by atoms with Crippen molar-refractivity contribution in [3.8, 4) is 17.1 Å². The fourth-order valence-corrected chi connectivity index (χ4v) is 4.43. The molecule has 3 aromatic heterocycles. The lowest BCUT2D eigenvalue weighted by Gasteiger charge is -2.33. The van der Waals surface area contributed by atoms with Crippen molar-refractivity contribution in [2.24, 2.45) is 5.92 Å². The Labute approximate surface area is 192 Å². The van der Waals surface area contributed by atoms with Crippen molar-refractivity contribution in [1.29, 1.82) is 0 Å². The molecule has 0 spiro atoms. The number of aryl methyl sites for hydroxylation is 2. The number of hydrogen-bond acceptors (Lipinski definition) is 7. The Balaban J connectivity index is 1.26. The van der Waals surface area contributed by atoms with E-state index in [0.717, 1.165) is 53.9 Å². The molecule has 0 N–H and O–H groups in total. The van der Waals surface area contributed by atoms with Gasteiger partial charge in [0.05, 0.1) is 5.56 Å². The first-order chi connectivity index (χ1) is 16.1. The summed E-state index contributed by atoms with van der Waals surface area (Å²) in [5, 5.41) is 4.20. The highest BCUT2D eigenvalue weighted by Gasteiger charge is 2.29. The number of carbonyl (C=O) groups is 1. The van der Waals surface area contributed by atoms with Crippen LogP contribution in [0.4, 0.5) is 0 Å². The predicted molar refractivity (Wildman–Crippen MR) is 120 cm³/mol. The molecular formula is C25H28N4O4. The molecule has 172 valence electrons. The van der Waals surface area contributed by atoms with Gasteiger partial charge in [0.15, 0.2) is 0 Å². The van der Waals surface area contributed by atoms with E-state index in [9.17, 15) is 4.79 Å². The van der Waals surface area contributed by atoms with E-state index in [-0.39, 0.29) is 11.8 Å². The van der Waals surface area contributed by atoms with Crippen molar-refractivity contribution in [3.63, 3.8) is 0 Å². The quantitative estimate of drug-likeness (QED) is 0.589. The number of pyridine rings is 2. The van der Waals surface area contributed by atoms with E-state index in [4.69, 9.17) is 14.0 Å². The second-order valence-corrected chi connectivity index (χ2v) is 8.73. The highest BCUT2D eigenvalue weighted by atomic mass is 16.5. The van der Waals surface area contributed by atoms with Crippen LogP contribution in [0.15, 0.2) is 35.1 Å². The number of fused-ring (bicyclic) bond motifs is 1. The SMILES string of the molecule is Cc1ccc(-c2noc(C)c2COc2cc3c(cn2)CN(C(=O)C2CCOCC2)CC3)cn1. The van der Waals surface area contributed by atoms with Crippen LogP contribution in [0.2, 0.25) is 0 Å². The first kappa shape index (κ1) is 21.6. The van der Waals surface area contributed by atoms with Gasteiger partial charge < -0.3 is 18.9 Å². The zero-order chi connectivity index (χ0) is 22.8. The van der Waals surface area contributed by atoms with Crippen LogP contribution in [0.5, 0.6) is 5.88 Å². The molecular weight excluding hydrogens is 420 g/mol. The molecule has 33 heavy (non-hydrogen) atoms. The van der Waals surface area contributed by atoms with Crippen LogP contribution in [-0.4, -0.2) is 45.7 Å². The maximum absolute atomic E-state index is 12.9. The van der Waals surface area contributed by atoms with Crippen molar-refractivity contribution in [1.82, 2.24) is 20.0 Å². The van der Waals surface area contributed by atoms with E-state index < -0.39 is 0 Å². The highest BCUT2D eigenvalue weighted by Crippen LogP contribution is 2.28. The molecule has 1 amide bonds. The lowest BCUT2D eigenvalue weighted by Crippen LogP contribution is -2.41. The van der Waals surface area contributed by atoms with Crippen LogP contribution in [0.1, 0.15) is 41.0 Å². The molecule has 0 aliphatic carbocycles. The first-order valence-electron chi connectivity index (χ1n) is 11.4. The van der Waals surface area contributed by atoms with Gasteiger partial charge in [-0.15, -0.1) is 0 Å². The highest BCUT2D eigenvalue weighted by molar-refractivity contribution is 5.79. The minimum absolute atomic E-state index is 0.0839. The second kappa shape index (κ2) is 9.31. The summed E-state index contributed by atoms with van der Waals surface area (Å²) >= 11 is 0. The van der Waals surface area contributed by atoms with Crippen LogP contribution in [0.3, 0.4) is 0 Å². The third-order valence-corrected chi connectivity index (χ3v) is 6.49. The van der Waals surface area contributed by atoms with Gasteiger partial charge in [-0.05, 0) is 56.4 Å². The second-order valence-electron chi connectivity index (χ2n) is 8.73. The van der Waals surface area contributed by atoms with E-state index in [1.807, 2.05) is 43.1 Å². The van der Waals surface area contributed by atoms with E-state index >= 15 is 0 Å². The van der Waals surface area contributed by atoms with Crippen LogP contribution in [0.25, 0.3) is 11.3 Å². The summed E-state index contributed by atoms with van der Waals surface area (Å²) in [4.78, 5) is 23.7. The molecule has 0 atom stereocenters. The van der Waals surface area contributed by atoms with Crippen LogP contribution < -0.4 is 4.74 Å². The molecule has 0 aromatic carbocycles. The molecule has 8 nitrogen and oxygen atoms in total. The lowest BCUT2D eigenvalue weighted by atomic mass is 9.96. The lowest BCUT2D eigenvalue weighted by molar-refractivity contribution is -0.139. The zero-order valence-corrected chi connectivity index (χ0v) is 19.0. The van der Waals surface area contributed by atoms with Crippen molar-refractivity contribution < 1.29 is 18.8 Å². The molecule has 2 aliphatic rings. The number of amides is 1. The van der Waals surface area contributed by atoms with Gasteiger partial charge in [0.1, 0.15) is 18.1 Å². The van der Waals surface area contributed by atoms with Crippen molar-refractivity contribution in [3.05, 3.63) is 58.7 Å². The molecule has 1 saturated heterocycles. The Morgan fingerprint density at radius 1 is 1.15 bits per heavy atom. The minimum atomic E-state index is 0.0839.